The number of thiophene rings is 1. The maximum Gasteiger partial charge on any atom is 0.306 e. The third kappa shape index (κ3) is 4.32. The summed E-state index contributed by atoms with van der Waals surface area (Å²) in [5.41, 5.74) is 0.860. The molecule has 0 unspecified atom stereocenters. The van der Waals surface area contributed by atoms with Crippen molar-refractivity contribution in [2.45, 2.75) is 17.7 Å². The standard InChI is InChI=1S/C20H16N2O4S2/c1-22-14-5-2-3-6-17(14)28-20(22)13(11-21)16(24)12-26-19(25)9-8-15(23)18-7-4-10-27-18/h2-7,10H,8-9,12H2,1H3/b20-13-. The molecule has 3 rings (SSSR count). The first-order chi connectivity index (χ1) is 13.5. The van der Waals surface area contributed by atoms with Gasteiger partial charge in [-0.05, 0) is 23.6 Å². The first-order valence-corrected chi connectivity index (χ1v) is 10.1. The van der Waals surface area contributed by atoms with Crippen molar-refractivity contribution < 1.29 is 19.1 Å². The lowest BCUT2D eigenvalue weighted by Crippen LogP contribution is -2.20. The van der Waals surface area contributed by atoms with E-state index in [-0.39, 0.29) is 24.2 Å². The van der Waals surface area contributed by atoms with E-state index in [0.29, 0.717) is 9.91 Å². The molecule has 1 aliphatic rings. The topological polar surface area (TPSA) is 87.5 Å². The number of carbonyl (C=O) groups is 3. The molecule has 2 aromatic rings. The van der Waals surface area contributed by atoms with E-state index < -0.39 is 18.4 Å². The Hall–Kier alpha value is -2.89. The monoisotopic (exact) mass is 412 g/mol. The van der Waals surface area contributed by atoms with Crippen LogP contribution in [0.1, 0.15) is 22.5 Å². The van der Waals surface area contributed by atoms with Crippen molar-refractivity contribution in [2.75, 3.05) is 18.6 Å². The fraction of sp³-hybridized carbons (Fsp3) is 0.200. The zero-order valence-electron chi connectivity index (χ0n) is 15.0. The number of benzene rings is 1. The molecule has 0 radical (unpaired) electrons. The van der Waals surface area contributed by atoms with E-state index in [1.165, 1.54) is 23.1 Å². The van der Waals surface area contributed by atoms with Gasteiger partial charge in [0, 0.05) is 18.4 Å². The number of rotatable bonds is 7. The summed E-state index contributed by atoms with van der Waals surface area (Å²) in [6.45, 7) is -0.525. The minimum absolute atomic E-state index is 0.0215. The first-order valence-electron chi connectivity index (χ1n) is 8.41. The quantitative estimate of drug-likeness (QED) is 0.296. The highest BCUT2D eigenvalue weighted by Gasteiger charge is 2.28. The molecular formula is C20H16N2O4S2. The molecule has 1 aromatic heterocycles. The van der Waals surface area contributed by atoms with Gasteiger partial charge in [-0.1, -0.05) is 30.0 Å². The lowest BCUT2D eigenvalue weighted by Gasteiger charge is -2.14. The van der Waals surface area contributed by atoms with E-state index in [0.717, 1.165) is 10.6 Å². The molecule has 142 valence electrons. The summed E-state index contributed by atoms with van der Waals surface area (Å²) >= 11 is 2.64. The molecule has 0 aliphatic carbocycles. The molecule has 0 fully saturated rings. The van der Waals surface area contributed by atoms with Gasteiger partial charge in [-0.3, -0.25) is 14.4 Å². The second-order valence-electron chi connectivity index (χ2n) is 5.91. The summed E-state index contributed by atoms with van der Waals surface area (Å²) in [7, 11) is 1.78. The molecule has 28 heavy (non-hydrogen) atoms. The van der Waals surface area contributed by atoms with Crippen LogP contribution in [0, 0.1) is 11.3 Å². The lowest BCUT2D eigenvalue weighted by atomic mass is 10.2. The molecule has 2 heterocycles. The maximum atomic E-state index is 12.4. The number of nitrogens with zero attached hydrogens (tertiary/aromatic N) is 2. The summed E-state index contributed by atoms with van der Waals surface area (Å²) in [6, 6.07) is 13.0. The molecule has 0 saturated carbocycles. The van der Waals surface area contributed by atoms with Crippen molar-refractivity contribution in [1.82, 2.24) is 0 Å². The van der Waals surface area contributed by atoms with Crippen LogP contribution in [0.3, 0.4) is 0 Å². The summed E-state index contributed by atoms with van der Waals surface area (Å²) in [4.78, 5) is 39.5. The van der Waals surface area contributed by atoms with Crippen LogP contribution in [-0.2, 0) is 14.3 Å². The Morgan fingerprint density at radius 1 is 1.14 bits per heavy atom. The van der Waals surface area contributed by atoms with Gasteiger partial charge in [0.2, 0.25) is 5.78 Å². The summed E-state index contributed by atoms with van der Waals surface area (Å²) in [5, 5.41) is 11.7. The van der Waals surface area contributed by atoms with E-state index >= 15 is 0 Å². The molecule has 0 bridgehead atoms. The number of fused-ring (bicyclic) bond motifs is 1. The Kier molecular flexibility index (Phi) is 6.29. The number of hydrogen-bond acceptors (Lipinski definition) is 8. The van der Waals surface area contributed by atoms with Gasteiger partial charge in [-0.25, -0.2) is 0 Å². The molecule has 1 aromatic carbocycles. The van der Waals surface area contributed by atoms with Gasteiger partial charge in [0.15, 0.2) is 12.4 Å². The predicted molar refractivity (Wildman–Crippen MR) is 107 cm³/mol. The minimum Gasteiger partial charge on any atom is -0.457 e. The Morgan fingerprint density at radius 2 is 1.93 bits per heavy atom. The van der Waals surface area contributed by atoms with Gasteiger partial charge in [0.1, 0.15) is 16.7 Å². The van der Waals surface area contributed by atoms with Crippen LogP contribution in [-0.4, -0.2) is 31.2 Å². The van der Waals surface area contributed by atoms with E-state index in [4.69, 9.17) is 4.74 Å². The molecule has 0 saturated heterocycles. The lowest BCUT2D eigenvalue weighted by molar-refractivity contribution is -0.146. The molecular weight excluding hydrogens is 396 g/mol. The highest BCUT2D eigenvalue weighted by molar-refractivity contribution is 8.03. The number of esters is 1. The van der Waals surface area contributed by atoms with E-state index in [9.17, 15) is 19.6 Å². The van der Waals surface area contributed by atoms with Crippen LogP contribution < -0.4 is 4.90 Å². The van der Waals surface area contributed by atoms with Crippen molar-refractivity contribution in [1.29, 1.82) is 5.26 Å². The first kappa shape index (κ1) is 19.9. The number of thioether (sulfide) groups is 1. The molecule has 0 amide bonds. The highest BCUT2D eigenvalue weighted by Crippen LogP contribution is 2.46. The molecule has 0 N–H and O–H groups in total. The SMILES string of the molecule is CN1/C(=C(\C#N)C(=O)COC(=O)CCC(=O)c2cccs2)Sc2ccccc21. The van der Waals surface area contributed by atoms with Gasteiger partial charge in [-0.2, -0.15) is 5.26 Å². The molecule has 8 heteroatoms. The normalized spacial score (nSPS) is 14.2. The van der Waals surface area contributed by atoms with Crippen molar-refractivity contribution >= 4 is 46.3 Å². The van der Waals surface area contributed by atoms with Gasteiger partial charge in [-0.15, -0.1) is 11.3 Å². The van der Waals surface area contributed by atoms with Crippen molar-refractivity contribution in [3.63, 3.8) is 0 Å². The van der Waals surface area contributed by atoms with Crippen LogP contribution >= 0.6 is 23.1 Å². The van der Waals surface area contributed by atoms with Crippen LogP contribution in [0.15, 0.2) is 57.3 Å². The van der Waals surface area contributed by atoms with Crippen LogP contribution in [0.2, 0.25) is 0 Å². The number of hydrogen-bond donors (Lipinski definition) is 0. The van der Waals surface area contributed by atoms with Crippen molar-refractivity contribution in [3.05, 3.63) is 57.3 Å². The summed E-state index contributed by atoms with van der Waals surface area (Å²) in [5.74, 6) is -1.35. The number of ether oxygens (including phenoxy) is 1. The number of Topliss-reactive ketones (excluding diaryl/α,β-unsaturated/α-hetero) is 2. The zero-order valence-corrected chi connectivity index (χ0v) is 16.6. The summed E-state index contributed by atoms with van der Waals surface area (Å²) in [6.07, 6.45) is -0.0871. The van der Waals surface area contributed by atoms with Crippen molar-refractivity contribution in [2.24, 2.45) is 0 Å². The second-order valence-corrected chi connectivity index (χ2v) is 7.88. The Labute approximate surface area is 170 Å². The van der Waals surface area contributed by atoms with Gasteiger partial charge in [0.25, 0.3) is 0 Å². The van der Waals surface area contributed by atoms with E-state index in [1.807, 2.05) is 30.3 Å². The largest absolute Gasteiger partial charge is 0.457 e. The molecule has 6 nitrogen and oxygen atoms in total. The van der Waals surface area contributed by atoms with E-state index in [2.05, 4.69) is 0 Å². The zero-order chi connectivity index (χ0) is 20.1. The number of para-hydroxylation sites is 1. The van der Waals surface area contributed by atoms with Gasteiger partial charge in [0.05, 0.1) is 17.0 Å². The average molecular weight is 412 g/mol. The highest BCUT2D eigenvalue weighted by atomic mass is 32.2. The Bertz CT molecular complexity index is 990. The number of carbonyl (C=O) groups excluding carboxylic acids is 3. The van der Waals surface area contributed by atoms with Crippen LogP contribution in [0.4, 0.5) is 5.69 Å². The van der Waals surface area contributed by atoms with Crippen LogP contribution in [0.25, 0.3) is 0 Å². The van der Waals surface area contributed by atoms with E-state index in [1.54, 1.807) is 29.5 Å². The molecule has 1 aliphatic heterocycles. The fourth-order valence-corrected chi connectivity index (χ4v) is 4.47. The van der Waals surface area contributed by atoms with Gasteiger partial charge < -0.3 is 9.64 Å². The summed E-state index contributed by atoms with van der Waals surface area (Å²) < 4.78 is 4.98. The minimum atomic E-state index is -0.642. The van der Waals surface area contributed by atoms with Crippen molar-refractivity contribution in [3.8, 4) is 6.07 Å². The third-order valence-corrected chi connectivity index (χ3v) is 6.21. The predicted octanol–water partition coefficient (Wildman–Crippen LogP) is 3.80. The Balaban J connectivity index is 1.57. The average Bonchev–Trinajstić information content (AvgIpc) is 3.34. The number of nitriles is 1. The number of anilines is 1. The number of ketones is 2. The van der Waals surface area contributed by atoms with Gasteiger partial charge >= 0.3 is 5.97 Å². The Morgan fingerprint density at radius 3 is 2.61 bits per heavy atom. The third-order valence-electron chi connectivity index (χ3n) is 4.06. The second kappa shape index (κ2) is 8.87. The van der Waals surface area contributed by atoms with Crippen LogP contribution in [0.5, 0.6) is 0 Å². The molecule has 0 atom stereocenters. The smallest absolute Gasteiger partial charge is 0.306 e. The fourth-order valence-electron chi connectivity index (χ4n) is 2.62. The maximum absolute atomic E-state index is 12.4. The molecule has 0 spiro atoms.